The number of aliphatic carboxylic acids is 1. The lowest BCUT2D eigenvalue weighted by Gasteiger charge is -2.49. The molecule has 0 aromatic carbocycles. The van der Waals surface area contributed by atoms with Gasteiger partial charge in [-0.2, -0.15) is 11.8 Å². The number of thioether (sulfide) groups is 3. The summed E-state index contributed by atoms with van der Waals surface area (Å²) in [6.45, 7) is 0.562. The molecule has 14 heteroatoms. The second-order valence-electron chi connectivity index (χ2n) is 8.04. The monoisotopic (exact) mass is 560 g/mol. The van der Waals surface area contributed by atoms with Crippen molar-refractivity contribution in [2.45, 2.75) is 22.4 Å². The number of β-lactam (4-membered cyclic amide) rings is 1. The maximum Gasteiger partial charge on any atom is 0.353 e. The van der Waals surface area contributed by atoms with Crippen LogP contribution in [0.5, 0.6) is 0 Å². The second-order valence-corrected chi connectivity index (χ2v) is 11.4. The summed E-state index contributed by atoms with van der Waals surface area (Å²) in [5.41, 5.74) is 11.9. The number of ketones is 1. The molecule has 2 atom stereocenters. The van der Waals surface area contributed by atoms with E-state index in [1.807, 2.05) is 6.07 Å². The lowest BCUT2D eigenvalue weighted by Crippen LogP contribution is -2.61. The highest BCUT2D eigenvalue weighted by molar-refractivity contribution is 8.06. The normalized spacial score (nSPS) is 19.4. The number of oxime groups is 1. The lowest BCUT2D eigenvalue weighted by atomic mass is 9.89. The van der Waals surface area contributed by atoms with Crippen molar-refractivity contribution >= 4 is 64.5 Å². The van der Waals surface area contributed by atoms with Crippen LogP contribution in [0.2, 0.25) is 0 Å². The van der Waals surface area contributed by atoms with Gasteiger partial charge in [-0.15, -0.1) is 11.8 Å². The van der Waals surface area contributed by atoms with E-state index in [1.165, 1.54) is 40.6 Å². The number of Topliss-reactive ketones (excluding diaryl/α,β-unsaturated/α-hetero) is 1. The molecule has 2 aliphatic heterocycles. The zero-order chi connectivity index (χ0) is 26.5. The fraction of sp³-hybridized carbons (Fsp3) is 0.304. The van der Waals surface area contributed by atoms with Crippen LogP contribution in [-0.4, -0.2) is 72.0 Å². The van der Waals surface area contributed by atoms with Crippen LogP contribution in [0.25, 0.3) is 0 Å². The average molecular weight is 561 g/mol. The number of carbonyl (C=O) groups excluding carboxylic acids is 2. The molecule has 0 radical (unpaired) electrons. The van der Waals surface area contributed by atoms with Crippen LogP contribution in [0.4, 0.5) is 5.82 Å². The predicted molar refractivity (Wildman–Crippen MR) is 143 cm³/mol. The molecule has 1 saturated heterocycles. The number of aromatic nitrogens is 2. The number of carbonyl (C=O) groups is 3. The van der Waals surface area contributed by atoms with Crippen LogP contribution >= 0.6 is 35.3 Å². The fourth-order valence-corrected chi connectivity index (χ4v) is 7.46. The summed E-state index contributed by atoms with van der Waals surface area (Å²) < 4.78 is 0. The minimum atomic E-state index is -1.21. The van der Waals surface area contributed by atoms with Crippen molar-refractivity contribution in [1.29, 1.82) is 0 Å². The molecule has 0 saturated carbocycles. The fourth-order valence-electron chi connectivity index (χ4n) is 3.95. The summed E-state index contributed by atoms with van der Waals surface area (Å²) >= 11 is 4.35. The van der Waals surface area contributed by atoms with Crippen LogP contribution in [0.15, 0.2) is 57.3 Å². The molecule has 11 nitrogen and oxygen atoms in total. The number of carboxylic acids is 1. The van der Waals surface area contributed by atoms with Gasteiger partial charge in [0.1, 0.15) is 11.5 Å². The Balaban J connectivity index is 1.52. The molecule has 6 N–H and O–H groups in total. The molecular weight excluding hydrogens is 536 g/mol. The number of rotatable bonds is 11. The van der Waals surface area contributed by atoms with Gasteiger partial charge in [-0.3, -0.25) is 19.5 Å². The summed E-state index contributed by atoms with van der Waals surface area (Å²) in [5, 5.41) is 22.0. The number of hydrogen-bond acceptors (Lipinski definition) is 12. The third kappa shape index (κ3) is 5.76. The van der Waals surface area contributed by atoms with Crippen LogP contribution in [0.1, 0.15) is 17.7 Å². The number of nitrogens with two attached hydrogens (primary N) is 2. The Labute approximate surface area is 225 Å². The maximum absolute atomic E-state index is 13.1. The molecule has 2 aromatic rings. The molecule has 2 aliphatic rings. The highest BCUT2D eigenvalue weighted by Gasteiger charge is 2.54. The number of nitrogens with zero attached hydrogens (tertiary/aromatic N) is 4. The summed E-state index contributed by atoms with van der Waals surface area (Å²) in [4.78, 5) is 49.0. The Kier molecular flexibility index (Phi) is 8.74. The first-order chi connectivity index (χ1) is 17.8. The highest BCUT2D eigenvalue weighted by atomic mass is 32.2. The summed E-state index contributed by atoms with van der Waals surface area (Å²) in [6, 6.07) is 6.45. The van der Waals surface area contributed by atoms with E-state index >= 15 is 0 Å². The molecule has 4 rings (SSSR count). The Morgan fingerprint density at radius 1 is 1.30 bits per heavy atom. The zero-order valence-electron chi connectivity index (χ0n) is 19.4. The van der Waals surface area contributed by atoms with Gasteiger partial charge in [0.15, 0.2) is 11.5 Å². The molecule has 37 heavy (non-hydrogen) atoms. The number of anilines is 1. The number of hydrogen-bond donors (Lipinski definition) is 4. The lowest BCUT2D eigenvalue weighted by molar-refractivity contribution is -0.153. The van der Waals surface area contributed by atoms with Crippen molar-refractivity contribution in [3.63, 3.8) is 0 Å². The van der Waals surface area contributed by atoms with Gasteiger partial charge in [0, 0.05) is 52.4 Å². The first kappa shape index (κ1) is 27.0. The third-order valence-corrected chi connectivity index (χ3v) is 9.38. The number of nitrogen functional groups attached to an aromatic ring is 1. The van der Waals surface area contributed by atoms with E-state index < -0.39 is 29.0 Å². The van der Waals surface area contributed by atoms with Crippen LogP contribution in [-0.2, 0) is 20.1 Å². The quantitative estimate of drug-likeness (QED) is 0.103. The molecule has 0 spiro atoms. The minimum absolute atomic E-state index is 0.0830. The van der Waals surface area contributed by atoms with Crippen molar-refractivity contribution in [2.75, 3.05) is 23.8 Å². The number of pyridine rings is 2. The molecule has 2 unspecified atom stereocenters. The Morgan fingerprint density at radius 2 is 2.11 bits per heavy atom. The van der Waals surface area contributed by atoms with Gasteiger partial charge in [0.25, 0.3) is 0 Å². The maximum atomic E-state index is 13.1. The first-order valence-electron chi connectivity index (χ1n) is 11.1. The SMILES string of the molecule is NCCSCc1ccncc1SC1=C(C(=O)O)N2C(=O)C(CC(=O)/C(=N\O)c3cccc(N)n3)C2SC1. The van der Waals surface area contributed by atoms with Gasteiger partial charge in [0.2, 0.25) is 5.91 Å². The molecule has 0 aliphatic carbocycles. The van der Waals surface area contributed by atoms with Crippen molar-refractivity contribution in [3.05, 3.63) is 58.5 Å². The highest BCUT2D eigenvalue weighted by Crippen LogP contribution is 2.49. The third-order valence-electron chi connectivity index (χ3n) is 5.65. The van der Waals surface area contributed by atoms with Crippen molar-refractivity contribution in [1.82, 2.24) is 14.9 Å². The first-order valence-corrected chi connectivity index (χ1v) is 14.2. The predicted octanol–water partition coefficient (Wildman–Crippen LogP) is 2.01. The Hall–Kier alpha value is -3.07. The summed E-state index contributed by atoms with van der Waals surface area (Å²) in [5.74, 6) is -1.01. The molecular formula is C23H24N6O5S3. The van der Waals surface area contributed by atoms with E-state index in [0.29, 0.717) is 23.0 Å². The van der Waals surface area contributed by atoms with Gasteiger partial charge in [-0.05, 0) is 23.8 Å². The Bertz CT molecular complexity index is 1290. The molecule has 0 bridgehead atoms. The zero-order valence-corrected chi connectivity index (χ0v) is 21.9. The Morgan fingerprint density at radius 3 is 2.81 bits per heavy atom. The summed E-state index contributed by atoms with van der Waals surface area (Å²) in [6.07, 6.45) is 3.12. The average Bonchev–Trinajstić information content (AvgIpc) is 2.88. The molecule has 2 aromatic heterocycles. The van der Waals surface area contributed by atoms with Crippen molar-refractivity contribution in [3.8, 4) is 0 Å². The van der Waals surface area contributed by atoms with E-state index in [4.69, 9.17) is 11.5 Å². The van der Waals surface area contributed by atoms with E-state index in [2.05, 4.69) is 15.1 Å². The van der Waals surface area contributed by atoms with Crippen molar-refractivity contribution in [2.24, 2.45) is 16.8 Å². The van der Waals surface area contributed by atoms with Gasteiger partial charge in [-0.1, -0.05) is 23.0 Å². The summed E-state index contributed by atoms with van der Waals surface area (Å²) in [7, 11) is 0. The molecule has 4 heterocycles. The smallest absolute Gasteiger partial charge is 0.353 e. The van der Waals surface area contributed by atoms with Crippen molar-refractivity contribution < 1.29 is 24.7 Å². The second kappa shape index (κ2) is 12.0. The van der Waals surface area contributed by atoms with Crippen LogP contribution in [0.3, 0.4) is 0 Å². The topological polar surface area (TPSA) is 185 Å². The van der Waals surface area contributed by atoms with E-state index in [-0.39, 0.29) is 29.3 Å². The number of carboxylic acid groups (broad SMARTS) is 1. The van der Waals surface area contributed by atoms with E-state index in [1.54, 1.807) is 30.2 Å². The minimum Gasteiger partial charge on any atom is -0.477 e. The standard InChI is InChI=1S/C23H24N6O5S3/c24-5-7-35-10-12-4-6-26-9-16(12)37-17-11-36-22-13(21(31)29(22)20(17)23(32)33)8-15(30)19(28-34)14-2-1-3-18(25)27-14/h1-4,6,9,13,22,34H,5,7-8,10-11,24H2,(H2,25,27)(H,32,33)/b28-19-. The van der Waals surface area contributed by atoms with Gasteiger partial charge >= 0.3 is 5.97 Å². The van der Waals surface area contributed by atoms with Gasteiger partial charge in [-0.25, -0.2) is 9.78 Å². The van der Waals surface area contributed by atoms with Crippen LogP contribution in [0, 0.1) is 5.92 Å². The molecule has 1 fully saturated rings. The number of amides is 1. The molecule has 194 valence electrons. The van der Waals surface area contributed by atoms with E-state index in [0.717, 1.165) is 16.2 Å². The van der Waals surface area contributed by atoms with Gasteiger partial charge < -0.3 is 21.8 Å². The number of fused-ring (bicyclic) bond motifs is 1. The van der Waals surface area contributed by atoms with Crippen LogP contribution < -0.4 is 11.5 Å². The van der Waals surface area contributed by atoms with E-state index in [9.17, 15) is 24.7 Å². The van der Waals surface area contributed by atoms with Gasteiger partial charge in [0.05, 0.1) is 17.0 Å². The largest absolute Gasteiger partial charge is 0.477 e. The molecule has 1 amide bonds.